The number of halogens is 1. The van der Waals surface area contributed by atoms with E-state index < -0.39 is 0 Å². The molecule has 0 atom stereocenters. The van der Waals surface area contributed by atoms with Crippen molar-refractivity contribution in [2.24, 2.45) is 0 Å². The van der Waals surface area contributed by atoms with Crippen LogP contribution >= 0.6 is 12.4 Å². The Bertz CT molecular complexity index is 528. The lowest BCUT2D eigenvalue weighted by Crippen LogP contribution is -2.19. The summed E-state index contributed by atoms with van der Waals surface area (Å²) in [6.45, 7) is 6.35. The van der Waals surface area contributed by atoms with Crippen molar-refractivity contribution in [1.82, 2.24) is 20.3 Å². The summed E-state index contributed by atoms with van der Waals surface area (Å²) < 4.78 is 5.03. The highest BCUT2D eigenvalue weighted by molar-refractivity contribution is 5.85. The minimum absolute atomic E-state index is 0. The zero-order valence-corrected chi connectivity index (χ0v) is 13.6. The van der Waals surface area contributed by atoms with Crippen LogP contribution in [-0.2, 0) is 11.3 Å². The largest absolute Gasteiger partial charge is 0.383 e. The number of rotatable bonds is 7. The van der Waals surface area contributed by atoms with Crippen LogP contribution in [-0.4, -0.2) is 35.3 Å². The molecule has 0 amide bonds. The highest BCUT2D eigenvalue weighted by atomic mass is 35.5. The van der Waals surface area contributed by atoms with Crippen LogP contribution in [0.2, 0.25) is 0 Å². The Labute approximate surface area is 132 Å². The number of hydrogen-bond donors (Lipinski definition) is 1. The summed E-state index contributed by atoms with van der Waals surface area (Å²) >= 11 is 0. The van der Waals surface area contributed by atoms with Crippen molar-refractivity contribution < 1.29 is 4.74 Å². The molecule has 0 fully saturated rings. The second-order valence-corrected chi connectivity index (χ2v) is 4.95. The van der Waals surface area contributed by atoms with Gasteiger partial charge in [0.1, 0.15) is 11.4 Å². The quantitative estimate of drug-likeness (QED) is 0.799. The molecule has 1 heterocycles. The maximum atomic E-state index is 5.03. The zero-order chi connectivity index (χ0) is 14.4. The normalized spacial score (nSPS) is 10.7. The maximum Gasteiger partial charge on any atom is 0.117 e. The molecular formula is C15H23ClN4O. The molecule has 0 aliphatic rings. The number of methoxy groups -OCH3 is 1. The summed E-state index contributed by atoms with van der Waals surface area (Å²) in [6, 6.07) is 10.4. The van der Waals surface area contributed by atoms with Crippen LogP contribution in [0.1, 0.15) is 25.6 Å². The average Bonchev–Trinajstić information content (AvgIpc) is 2.89. The lowest BCUT2D eigenvalue weighted by molar-refractivity contribution is 0.199. The van der Waals surface area contributed by atoms with Gasteiger partial charge >= 0.3 is 0 Å². The number of nitrogens with zero attached hydrogens (tertiary/aromatic N) is 3. The van der Waals surface area contributed by atoms with Crippen molar-refractivity contribution in [3.63, 3.8) is 0 Å². The molecule has 1 aromatic carbocycles. The molecule has 6 heteroatoms. The van der Waals surface area contributed by atoms with Crippen LogP contribution in [0.25, 0.3) is 11.3 Å². The van der Waals surface area contributed by atoms with Gasteiger partial charge in [-0.25, -0.2) is 0 Å². The van der Waals surface area contributed by atoms with Gasteiger partial charge in [0.05, 0.1) is 12.6 Å². The van der Waals surface area contributed by atoms with Crippen LogP contribution in [0.5, 0.6) is 0 Å². The van der Waals surface area contributed by atoms with Gasteiger partial charge in [0.25, 0.3) is 0 Å². The Morgan fingerprint density at radius 3 is 2.52 bits per heavy atom. The third-order valence-corrected chi connectivity index (χ3v) is 2.98. The van der Waals surface area contributed by atoms with Gasteiger partial charge in [0, 0.05) is 25.8 Å². The minimum Gasteiger partial charge on any atom is -0.383 e. The van der Waals surface area contributed by atoms with Crippen molar-refractivity contribution in [2.75, 3.05) is 20.3 Å². The third-order valence-electron chi connectivity index (χ3n) is 2.98. The Balaban J connectivity index is 0.00000220. The molecule has 0 spiro atoms. The van der Waals surface area contributed by atoms with Crippen LogP contribution in [0.4, 0.5) is 0 Å². The summed E-state index contributed by atoms with van der Waals surface area (Å²) in [6.07, 6.45) is 0. The molecule has 1 aromatic heterocycles. The van der Waals surface area contributed by atoms with Crippen molar-refractivity contribution in [1.29, 1.82) is 0 Å². The van der Waals surface area contributed by atoms with Gasteiger partial charge in [-0.2, -0.15) is 15.0 Å². The van der Waals surface area contributed by atoms with E-state index in [-0.39, 0.29) is 18.4 Å². The summed E-state index contributed by atoms with van der Waals surface area (Å²) in [5, 5.41) is 12.5. The summed E-state index contributed by atoms with van der Waals surface area (Å²) in [5.74, 6) is 0. The predicted octanol–water partition coefficient (Wildman–Crippen LogP) is 2.68. The molecule has 116 valence electrons. The standard InChI is InChI=1S/C15H22N4O.ClH/c1-12(2)19-17-14(11-16-9-10-20-3)15(18-19)13-7-5-4-6-8-13;/h4-8,12,16H,9-11H2,1-3H3;1H. The molecule has 2 aromatic rings. The number of aromatic nitrogens is 3. The highest BCUT2D eigenvalue weighted by Gasteiger charge is 2.13. The lowest BCUT2D eigenvalue weighted by Gasteiger charge is -2.03. The molecule has 0 saturated heterocycles. The van der Waals surface area contributed by atoms with Crippen molar-refractivity contribution in [3.05, 3.63) is 36.0 Å². The minimum atomic E-state index is 0. The van der Waals surface area contributed by atoms with Crippen LogP contribution in [0, 0.1) is 0 Å². The van der Waals surface area contributed by atoms with Gasteiger partial charge < -0.3 is 10.1 Å². The van der Waals surface area contributed by atoms with Crippen LogP contribution in [0.15, 0.2) is 30.3 Å². The van der Waals surface area contributed by atoms with Crippen LogP contribution in [0.3, 0.4) is 0 Å². The number of nitrogens with one attached hydrogen (secondary N) is 1. The van der Waals surface area contributed by atoms with Gasteiger partial charge in [-0.1, -0.05) is 30.3 Å². The lowest BCUT2D eigenvalue weighted by atomic mass is 10.1. The molecule has 0 bridgehead atoms. The van der Waals surface area contributed by atoms with E-state index >= 15 is 0 Å². The zero-order valence-electron chi connectivity index (χ0n) is 12.7. The summed E-state index contributed by atoms with van der Waals surface area (Å²) in [7, 11) is 1.70. The fourth-order valence-electron chi connectivity index (χ4n) is 1.90. The van der Waals surface area contributed by atoms with Crippen molar-refractivity contribution in [3.8, 4) is 11.3 Å². The Kier molecular flexibility index (Phi) is 7.36. The molecular weight excluding hydrogens is 288 g/mol. The van der Waals surface area contributed by atoms with Gasteiger partial charge in [0.2, 0.25) is 0 Å². The Morgan fingerprint density at radius 2 is 1.90 bits per heavy atom. The number of benzene rings is 1. The fourth-order valence-corrected chi connectivity index (χ4v) is 1.90. The monoisotopic (exact) mass is 310 g/mol. The number of hydrogen-bond acceptors (Lipinski definition) is 4. The Hall–Kier alpha value is -1.43. The summed E-state index contributed by atoms with van der Waals surface area (Å²) in [4.78, 5) is 1.77. The molecule has 0 aliphatic heterocycles. The van der Waals surface area contributed by atoms with Crippen molar-refractivity contribution >= 4 is 12.4 Å². The Morgan fingerprint density at radius 1 is 1.19 bits per heavy atom. The van der Waals surface area contributed by atoms with E-state index in [1.165, 1.54) is 0 Å². The highest BCUT2D eigenvalue weighted by Crippen LogP contribution is 2.20. The maximum absolute atomic E-state index is 5.03. The molecule has 0 radical (unpaired) electrons. The van der Waals surface area contributed by atoms with Gasteiger partial charge in [-0.15, -0.1) is 12.4 Å². The first kappa shape index (κ1) is 17.6. The van der Waals surface area contributed by atoms with Gasteiger partial charge in [0.15, 0.2) is 0 Å². The fraction of sp³-hybridized carbons (Fsp3) is 0.467. The van der Waals surface area contributed by atoms with Gasteiger partial charge in [-0.3, -0.25) is 0 Å². The SMILES string of the molecule is COCCNCc1nn(C(C)C)nc1-c1ccccc1.Cl. The van der Waals surface area contributed by atoms with E-state index in [2.05, 4.69) is 41.5 Å². The average molecular weight is 311 g/mol. The smallest absolute Gasteiger partial charge is 0.117 e. The van der Waals surface area contributed by atoms with E-state index in [1.54, 1.807) is 11.9 Å². The predicted molar refractivity (Wildman–Crippen MR) is 86.7 cm³/mol. The first-order valence-corrected chi connectivity index (χ1v) is 6.93. The third kappa shape index (κ3) is 4.81. The molecule has 0 saturated carbocycles. The molecule has 21 heavy (non-hydrogen) atoms. The second-order valence-electron chi connectivity index (χ2n) is 4.95. The van der Waals surface area contributed by atoms with Crippen LogP contribution < -0.4 is 5.32 Å². The summed E-state index contributed by atoms with van der Waals surface area (Å²) in [5.41, 5.74) is 3.02. The first-order valence-electron chi connectivity index (χ1n) is 6.93. The van der Waals surface area contributed by atoms with E-state index in [1.807, 2.05) is 18.2 Å². The first-order chi connectivity index (χ1) is 9.72. The van der Waals surface area contributed by atoms with E-state index in [9.17, 15) is 0 Å². The molecule has 1 N–H and O–H groups in total. The van der Waals surface area contributed by atoms with Gasteiger partial charge in [-0.05, 0) is 13.8 Å². The molecule has 0 unspecified atom stereocenters. The molecule has 5 nitrogen and oxygen atoms in total. The molecule has 0 aliphatic carbocycles. The van der Waals surface area contributed by atoms with E-state index in [4.69, 9.17) is 4.74 Å². The van der Waals surface area contributed by atoms with E-state index in [0.717, 1.165) is 23.5 Å². The second kappa shape index (κ2) is 8.77. The van der Waals surface area contributed by atoms with Crippen molar-refractivity contribution in [2.45, 2.75) is 26.4 Å². The topological polar surface area (TPSA) is 52.0 Å². The molecule has 2 rings (SSSR count). The number of ether oxygens (including phenoxy) is 1. The van der Waals surface area contributed by atoms with E-state index in [0.29, 0.717) is 13.2 Å².